The predicted octanol–water partition coefficient (Wildman–Crippen LogP) is 4.24. The molecule has 1 aromatic heterocycles. The summed E-state index contributed by atoms with van der Waals surface area (Å²) in [6.45, 7) is 0. The highest BCUT2D eigenvalue weighted by molar-refractivity contribution is 9.10. The Morgan fingerprint density at radius 1 is 1.05 bits per heavy atom. The Hall–Kier alpha value is -1.71. The lowest BCUT2D eigenvalue weighted by molar-refractivity contribution is 0.728. The number of nitrogens with zero attached hydrogens (tertiary/aromatic N) is 1. The molecule has 0 spiro atoms. The molecule has 3 aromatic rings. The molecule has 2 N–H and O–H groups in total. The van der Waals surface area contributed by atoms with Crippen LogP contribution in [0.25, 0.3) is 10.8 Å². The first-order chi connectivity index (χ1) is 9.74. The minimum absolute atomic E-state index is 0.0118. The highest BCUT2D eigenvalue weighted by atomic mass is 79.9. The van der Waals surface area contributed by atoms with E-state index in [1.54, 1.807) is 0 Å². The summed E-state index contributed by atoms with van der Waals surface area (Å²) in [4.78, 5) is 4.16. The van der Waals surface area contributed by atoms with Gasteiger partial charge in [0.2, 0.25) is 0 Å². The molecule has 100 valence electrons. The van der Waals surface area contributed by atoms with Gasteiger partial charge in [-0.2, -0.15) is 0 Å². The van der Waals surface area contributed by atoms with Crippen LogP contribution in [0.3, 0.4) is 0 Å². The second-order valence-corrected chi connectivity index (χ2v) is 5.80. The average Bonchev–Trinajstić information content (AvgIpc) is 2.49. The summed E-state index contributed by atoms with van der Waals surface area (Å²) in [5.41, 5.74) is 8.82. The van der Waals surface area contributed by atoms with Crippen LogP contribution in [0.2, 0.25) is 0 Å². The first-order valence-corrected chi connectivity index (χ1v) is 7.36. The Morgan fingerprint density at radius 3 is 2.65 bits per heavy atom. The van der Waals surface area contributed by atoms with Gasteiger partial charge in [0.1, 0.15) is 0 Å². The number of rotatable bonds is 3. The standard InChI is InChI=1S/C17H15BrN2/c18-14-6-4-12(5-7-14)10-17(19)16-3-1-2-13-11-20-9-8-15(13)16/h1-9,11,17H,10,19H2. The third-order valence-electron chi connectivity index (χ3n) is 3.48. The van der Waals surface area contributed by atoms with Crippen LogP contribution in [0.5, 0.6) is 0 Å². The van der Waals surface area contributed by atoms with Crippen molar-refractivity contribution in [3.63, 3.8) is 0 Å². The predicted molar refractivity (Wildman–Crippen MR) is 86.5 cm³/mol. The molecule has 0 saturated carbocycles. The molecule has 20 heavy (non-hydrogen) atoms. The first-order valence-electron chi connectivity index (χ1n) is 6.57. The highest BCUT2D eigenvalue weighted by Crippen LogP contribution is 2.25. The molecular weight excluding hydrogens is 312 g/mol. The van der Waals surface area contributed by atoms with E-state index in [0.717, 1.165) is 16.3 Å². The number of halogens is 1. The third-order valence-corrected chi connectivity index (χ3v) is 4.01. The van der Waals surface area contributed by atoms with E-state index in [1.807, 2.05) is 24.5 Å². The van der Waals surface area contributed by atoms with Crippen molar-refractivity contribution in [2.75, 3.05) is 0 Å². The number of nitrogens with two attached hydrogens (primary N) is 1. The van der Waals surface area contributed by atoms with Gasteiger partial charge < -0.3 is 5.73 Å². The van der Waals surface area contributed by atoms with Crippen LogP contribution in [0, 0.1) is 0 Å². The molecule has 3 heteroatoms. The van der Waals surface area contributed by atoms with E-state index in [4.69, 9.17) is 5.73 Å². The summed E-state index contributed by atoms with van der Waals surface area (Å²) in [6.07, 6.45) is 4.53. The Bertz CT molecular complexity index is 717. The number of benzene rings is 2. The van der Waals surface area contributed by atoms with Crippen molar-refractivity contribution in [3.8, 4) is 0 Å². The van der Waals surface area contributed by atoms with Gasteiger partial charge in [0.15, 0.2) is 0 Å². The van der Waals surface area contributed by atoms with Gasteiger partial charge in [0, 0.05) is 28.3 Å². The Kier molecular flexibility index (Phi) is 3.81. The van der Waals surface area contributed by atoms with E-state index < -0.39 is 0 Å². The molecule has 0 aliphatic rings. The fourth-order valence-corrected chi connectivity index (χ4v) is 2.72. The molecule has 1 unspecified atom stereocenters. The summed E-state index contributed by atoms with van der Waals surface area (Å²) in [7, 11) is 0. The maximum absolute atomic E-state index is 6.40. The zero-order valence-electron chi connectivity index (χ0n) is 11.0. The maximum atomic E-state index is 6.40. The Balaban J connectivity index is 1.92. The van der Waals surface area contributed by atoms with Gasteiger partial charge in [0.05, 0.1) is 0 Å². The van der Waals surface area contributed by atoms with Crippen LogP contribution in [0.4, 0.5) is 0 Å². The molecule has 0 aliphatic carbocycles. The fraction of sp³-hybridized carbons (Fsp3) is 0.118. The molecule has 0 fully saturated rings. The van der Waals surface area contributed by atoms with Gasteiger partial charge in [-0.15, -0.1) is 0 Å². The van der Waals surface area contributed by atoms with Gasteiger partial charge in [-0.05, 0) is 41.1 Å². The van der Waals surface area contributed by atoms with Crippen molar-refractivity contribution < 1.29 is 0 Å². The molecule has 2 nitrogen and oxygen atoms in total. The Morgan fingerprint density at radius 2 is 1.85 bits per heavy atom. The lowest BCUT2D eigenvalue weighted by Crippen LogP contribution is -2.13. The number of fused-ring (bicyclic) bond motifs is 1. The van der Waals surface area contributed by atoms with E-state index in [1.165, 1.54) is 16.5 Å². The molecule has 2 aromatic carbocycles. The van der Waals surface area contributed by atoms with Crippen molar-refractivity contribution in [1.29, 1.82) is 0 Å². The van der Waals surface area contributed by atoms with E-state index in [9.17, 15) is 0 Å². The fourth-order valence-electron chi connectivity index (χ4n) is 2.46. The zero-order chi connectivity index (χ0) is 13.9. The van der Waals surface area contributed by atoms with Crippen molar-refractivity contribution in [2.45, 2.75) is 12.5 Å². The van der Waals surface area contributed by atoms with Gasteiger partial charge in [-0.3, -0.25) is 4.98 Å². The number of aromatic nitrogens is 1. The minimum Gasteiger partial charge on any atom is -0.324 e. The smallest absolute Gasteiger partial charge is 0.0346 e. The normalized spacial score (nSPS) is 12.5. The summed E-state index contributed by atoms with van der Waals surface area (Å²) >= 11 is 3.45. The summed E-state index contributed by atoms with van der Waals surface area (Å²) in [6, 6.07) is 16.6. The quantitative estimate of drug-likeness (QED) is 0.781. The van der Waals surface area contributed by atoms with E-state index >= 15 is 0 Å². The van der Waals surface area contributed by atoms with Gasteiger partial charge >= 0.3 is 0 Å². The lowest BCUT2D eigenvalue weighted by Gasteiger charge is -2.15. The molecule has 0 saturated heterocycles. The van der Waals surface area contributed by atoms with Crippen LogP contribution in [0.15, 0.2) is 65.4 Å². The molecule has 0 bridgehead atoms. The average molecular weight is 327 g/mol. The largest absolute Gasteiger partial charge is 0.324 e. The summed E-state index contributed by atoms with van der Waals surface area (Å²) in [5, 5.41) is 2.32. The monoisotopic (exact) mass is 326 g/mol. The van der Waals surface area contributed by atoms with Crippen molar-refractivity contribution >= 4 is 26.7 Å². The molecule has 1 atom stereocenters. The van der Waals surface area contributed by atoms with Crippen LogP contribution >= 0.6 is 15.9 Å². The van der Waals surface area contributed by atoms with E-state index in [-0.39, 0.29) is 6.04 Å². The number of hydrogen-bond donors (Lipinski definition) is 1. The number of hydrogen-bond acceptors (Lipinski definition) is 2. The van der Waals surface area contributed by atoms with Crippen LogP contribution in [-0.4, -0.2) is 4.98 Å². The van der Waals surface area contributed by atoms with Crippen LogP contribution in [-0.2, 0) is 6.42 Å². The second kappa shape index (κ2) is 5.73. The molecule has 1 heterocycles. The SMILES string of the molecule is NC(Cc1ccc(Br)cc1)c1cccc2cnccc12. The topological polar surface area (TPSA) is 38.9 Å². The van der Waals surface area contributed by atoms with Crippen molar-refractivity contribution in [3.05, 3.63) is 76.5 Å². The van der Waals surface area contributed by atoms with E-state index in [2.05, 4.69) is 57.3 Å². The number of pyridine rings is 1. The lowest BCUT2D eigenvalue weighted by atomic mass is 9.95. The van der Waals surface area contributed by atoms with Gasteiger partial charge in [0.25, 0.3) is 0 Å². The molecule has 0 radical (unpaired) electrons. The van der Waals surface area contributed by atoms with Gasteiger partial charge in [-0.25, -0.2) is 0 Å². The van der Waals surface area contributed by atoms with Crippen LogP contribution < -0.4 is 5.73 Å². The van der Waals surface area contributed by atoms with Crippen molar-refractivity contribution in [2.24, 2.45) is 5.73 Å². The Labute approximate surface area is 126 Å². The third kappa shape index (κ3) is 2.74. The zero-order valence-corrected chi connectivity index (χ0v) is 12.5. The molecule has 3 rings (SSSR count). The maximum Gasteiger partial charge on any atom is 0.0346 e. The molecular formula is C17H15BrN2. The first kappa shape index (κ1) is 13.3. The summed E-state index contributed by atoms with van der Waals surface area (Å²) in [5.74, 6) is 0. The van der Waals surface area contributed by atoms with Crippen LogP contribution in [0.1, 0.15) is 17.2 Å². The van der Waals surface area contributed by atoms with E-state index in [0.29, 0.717) is 0 Å². The van der Waals surface area contributed by atoms with Crippen molar-refractivity contribution in [1.82, 2.24) is 4.98 Å². The minimum atomic E-state index is -0.0118. The summed E-state index contributed by atoms with van der Waals surface area (Å²) < 4.78 is 1.09. The molecule has 0 amide bonds. The van der Waals surface area contributed by atoms with Gasteiger partial charge in [-0.1, -0.05) is 46.3 Å². The molecule has 0 aliphatic heterocycles. The second-order valence-electron chi connectivity index (χ2n) is 4.88. The highest BCUT2D eigenvalue weighted by Gasteiger charge is 2.10.